The molecule has 1 amide bonds. The Morgan fingerprint density at radius 2 is 2.39 bits per heavy atom. The summed E-state index contributed by atoms with van der Waals surface area (Å²) < 4.78 is 5.51. The van der Waals surface area contributed by atoms with Gasteiger partial charge in [0.15, 0.2) is 5.76 Å². The van der Waals surface area contributed by atoms with Gasteiger partial charge >= 0.3 is 0 Å². The van der Waals surface area contributed by atoms with Crippen LogP contribution in [0.5, 0.6) is 0 Å². The second kappa shape index (κ2) is 5.36. The fourth-order valence-corrected chi connectivity index (χ4v) is 2.70. The van der Waals surface area contributed by atoms with Crippen molar-refractivity contribution in [2.45, 2.75) is 31.1 Å². The number of likely N-dealkylation sites (tertiary alicyclic amines) is 1. The van der Waals surface area contributed by atoms with Crippen LogP contribution in [0.25, 0.3) is 0 Å². The smallest absolute Gasteiger partial charge is 0.289 e. The number of amides is 1. The number of β-amino-alcohol motifs (C(OH)–C–C–N with tert-alkyl or cyclic N) is 1. The molecule has 1 aromatic heterocycles. The second-order valence-electron chi connectivity index (χ2n) is 5.03. The summed E-state index contributed by atoms with van der Waals surface area (Å²) in [6, 6.07) is 3.56. The molecule has 0 spiro atoms. The molecular formula is C13H19NO3S. The Morgan fingerprint density at radius 3 is 3.06 bits per heavy atom. The number of furan rings is 1. The van der Waals surface area contributed by atoms with Crippen molar-refractivity contribution < 1.29 is 14.3 Å². The second-order valence-corrected chi connectivity index (χ2v) is 5.89. The normalized spacial score (nSPS) is 24.3. The molecule has 1 aliphatic heterocycles. The van der Waals surface area contributed by atoms with Gasteiger partial charge < -0.3 is 14.4 Å². The summed E-state index contributed by atoms with van der Waals surface area (Å²) >= 11 is 1.66. The fourth-order valence-electron chi connectivity index (χ4n) is 2.26. The topological polar surface area (TPSA) is 53.7 Å². The highest BCUT2D eigenvalue weighted by Gasteiger charge is 2.32. The van der Waals surface area contributed by atoms with Gasteiger partial charge in [-0.25, -0.2) is 0 Å². The maximum atomic E-state index is 12.2. The SMILES string of the molecule is CSCc1ccc(C(=O)N2CCCC(C)(O)C2)o1. The Kier molecular flexibility index (Phi) is 4.02. The zero-order chi connectivity index (χ0) is 13.2. The van der Waals surface area contributed by atoms with E-state index in [1.807, 2.05) is 12.3 Å². The van der Waals surface area contributed by atoms with Crippen LogP contribution in [-0.4, -0.2) is 40.9 Å². The van der Waals surface area contributed by atoms with Gasteiger partial charge in [-0.05, 0) is 38.2 Å². The lowest BCUT2D eigenvalue weighted by Crippen LogP contribution is -2.48. The summed E-state index contributed by atoms with van der Waals surface area (Å²) in [5.41, 5.74) is -0.775. The van der Waals surface area contributed by atoms with E-state index in [1.54, 1.807) is 29.7 Å². The van der Waals surface area contributed by atoms with Crippen molar-refractivity contribution in [2.24, 2.45) is 0 Å². The molecule has 18 heavy (non-hydrogen) atoms. The fraction of sp³-hybridized carbons (Fsp3) is 0.615. The van der Waals surface area contributed by atoms with Gasteiger partial charge in [-0.3, -0.25) is 4.79 Å². The van der Waals surface area contributed by atoms with E-state index in [1.165, 1.54) is 0 Å². The zero-order valence-electron chi connectivity index (χ0n) is 10.8. The quantitative estimate of drug-likeness (QED) is 0.913. The highest BCUT2D eigenvalue weighted by Crippen LogP contribution is 2.23. The molecule has 0 aliphatic carbocycles. The number of hydrogen-bond acceptors (Lipinski definition) is 4. The van der Waals surface area contributed by atoms with Crippen LogP contribution in [-0.2, 0) is 5.75 Å². The molecule has 2 heterocycles. The first-order chi connectivity index (χ1) is 8.52. The third kappa shape index (κ3) is 3.09. The first-order valence-corrected chi connectivity index (χ1v) is 7.50. The number of rotatable bonds is 3. The van der Waals surface area contributed by atoms with Gasteiger partial charge in [-0.1, -0.05) is 0 Å². The van der Waals surface area contributed by atoms with Crippen molar-refractivity contribution in [3.05, 3.63) is 23.7 Å². The Hall–Kier alpha value is -0.940. The minimum absolute atomic E-state index is 0.123. The average molecular weight is 269 g/mol. The predicted octanol–water partition coefficient (Wildman–Crippen LogP) is 2.13. The molecule has 1 N–H and O–H groups in total. The predicted molar refractivity (Wildman–Crippen MR) is 71.7 cm³/mol. The first kappa shape index (κ1) is 13.5. The van der Waals surface area contributed by atoms with E-state index in [4.69, 9.17) is 4.42 Å². The van der Waals surface area contributed by atoms with E-state index in [0.717, 1.165) is 24.4 Å². The van der Waals surface area contributed by atoms with Crippen LogP contribution in [0.15, 0.2) is 16.5 Å². The number of carbonyl (C=O) groups is 1. The van der Waals surface area contributed by atoms with E-state index in [-0.39, 0.29) is 5.91 Å². The molecule has 0 saturated carbocycles. The van der Waals surface area contributed by atoms with Crippen LogP contribution < -0.4 is 0 Å². The van der Waals surface area contributed by atoms with Gasteiger partial charge in [-0.2, -0.15) is 11.8 Å². The molecule has 1 saturated heterocycles. The van der Waals surface area contributed by atoms with Gasteiger partial charge in [-0.15, -0.1) is 0 Å². The van der Waals surface area contributed by atoms with E-state index in [2.05, 4.69) is 0 Å². The lowest BCUT2D eigenvalue weighted by Gasteiger charge is -2.36. The molecule has 0 aromatic carbocycles. The van der Waals surface area contributed by atoms with Crippen molar-refractivity contribution in [1.82, 2.24) is 4.90 Å². The Morgan fingerprint density at radius 1 is 1.61 bits per heavy atom. The minimum Gasteiger partial charge on any atom is -0.455 e. The number of piperidine rings is 1. The third-order valence-corrected chi connectivity index (χ3v) is 3.69. The number of thioether (sulfide) groups is 1. The molecule has 0 bridgehead atoms. The van der Waals surface area contributed by atoms with Gasteiger partial charge in [0.2, 0.25) is 0 Å². The minimum atomic E-state index is -0.775. The molecule has 1 atom stereocenters. The Balaban J connectivity index is 2.05. The Labute approximate surface area is 111 Å². The molecule has 0 radical (unpaired) electrons. The maximum Gasteiger partial charge on any atom is 0.289 e. The van der Waals surface area contributed by atoms with Crippen LogP contribution in [0, 0.1) is 0 Å². The summed E-state index contributed by atoms with van der Waals surface area (Å²) in [6.45, 7) is 2.84. The van der Waals surface area contributed by atoms with Gasteiger partial charge in [0.1, 0.15) is 5.76 Å². The van der Waals surface area contributed by atoms with Crippen LogP contribution in [0.4, 0.5) is 0 Å². The van der Waals surface area contributed by atoms with E-state index < -0.39 is 5.60 Å². The maximum absolute atomic E-state index is 12.2. The molecule has 5 heteroatoms. The van der Waals surface area contributed by atoms with Crippen LogP contribution >= 0.6 is 11.8 Å². The van der Waals surface area contributed by atoms with E-state index in [9.17, 15) is 9.90 Å². The first-order valence-electron chi connectivity index (χ1n) is 6.11. The van der Waals surface area contributed by atoms with Crippen LogP contribution in [0.2, 0.25) is 0 Å². The molecule has 100 valence electrons. The Bertz CT molecular complexity index is 428. The summed E-state index contributed by atoms with van der Waals surface area (Å²) in [5, 5.41) is 10.0. The van der Waals surface area contributed by atoms with Crippen molar-refractivity contribution >= 4 is 17.7 Å². The molecule has 1 aliphatic rings. The highest BCUT2D eigenvalue weighted by atomic mass is 32.2. The molecule has 4 nitrogen and oxygen atoms in total. The molecule has 1 fully saturated rings. The molecule has 2 rings (SSSR count). The number of nitrogens with zero attached hydrogens (tertiary/aromatic N) is 1. The zero-order valence-corrected chi connectivity index (χ0v) is 11.6. The van der Waals surface area contributed by atoms with Crippen molar-refractivity contribution in [3.63, 3.8) is 0 Å². The standard InChI is InChI=1S/C13H19NO3S/c1-13(16)6-3-7-14(9-13)12(15)11-5-4-10(17-11)8-18-2/h4-5,16H,3,6-9H2,1-2H3. The van der Waals surface area contributed by atoms with Crippen molar-refractivity contribution in [1.29, 1.82) is 0 Å². The molecule has 1 aromatic rings. The van der Waals surface area contributed by atoms with Crippen molar-refractivity contribution in [3.8, 4) is 0 Å². The number of hydrogen-bond donors (Lipinski definition) is 1. The third-order valence-electron chi connectivity index (χ3n) is 3.12. The monoisotopic (exact) mass is 269 g/mol. The molecule has 1 unspecified atom stereocenters. The highest BCUT2D eigenvalue weighted by molar-refractivity contribution is 7.97. The van der Waals surface area contributed by atoms with Crippen molar-refractivity contribution in [2.75, 3.05) is 19.3 Å². The van der Waals surface area contributed by atoms with Crippen LogP contribution in [0.3, 0.4) is 0 Å². The van der Waals surface area contributed by atoms with Crippen LogP contribution in [0.1, 0.15) is 36.1 Å². The summed E-state index contributed by atoms with van der Waals surface area (Å²) in [4.78, 5) is 13.9. The lowest BCUT2D eigenvalue weighted by molar-refractivity contribution is -0.0117. The summed E-state index contributed by atoms with van der Waals surface area (Å²) in [5.74, 6) is 1.83. The van der Waals surface area contributed by atoms with Gasteiger partial charge in [0.05, 0.1) is 11.4 Å². The van der Waals surface area contributed by atoms with Gasteiger partial charge in [0, 0.05) is 13.1 Å². The van der Waals surface area contributed by atoms with E-state index >= 15 is 0 Å². The number of aliphatic hydroxyl groups is 1. The average Bonchev–Trinajstić information content (AvgIpc) is 2.76. The lowest BCUT2D eigenvalue weighted by atomic mass is 9.95. The van der Waals surface area contributed by atoms with Gasteiger partial charge in [0.25, 0.3) is 5.91 Å². The summed E-state index contributed by atoms with van der Waals surface area (Å²) in [7, 11) is 0. The molecular weight excluding hydrogens is 250 g/mol. The number of carbonyl (C=O) groups excluding carboxylic acids is 1. The summed E-state index contributed by atoms with van der Waals surface area (Å²) in [6.07, 6.45) is 3.57. The van der Waals surface area contributed by atoms with E-state index in [0.29, 0.717) is 18.8 Å². The largest absolute Gasteiger partial charge is 0.455 e.